The number of carbonyl (C=O) groups is 2. The van der Waals surface area contributed by atoms with Crippen molar-refractivity contribution >= 4 is 36.6 Å². The highest BCUT2D eigenvalue weighted by atomic mass is 35.5. The van der Waals surface area contributed by atoms with Crippen LogP contribution in [0.2, 0.25) is 0 Å². The highest BCUT2D eigenvalue weighted by Gasteiger charge is 2.17. The number of nitrogens with one attached hydrogen (secondary N) is 2. The van der Waals surface area contributed by atoms with Gasteiger partial charge in [0.05, 0.1) is 12.6 Å². The van der Waals surface area contributed by atoms with Crippen LogP contribution in [-0.2, 0) is 16.1 Å². The van der Waals surface area contributed by atoms with E-state index >= 15 is 0 Å². The van der Waals surface area contributed by atoms with E-state index < -0.39 is 6.04 Å². The molecule has 0 aromatic carbocycles. The van der Waals surface area contributed by atoms with Gasteiger partial charge in [0.15, 0.2) is 0 Å². The van der Waals surface area contributed by atoms with E-state index in [1.54, 1.807) is 12.4 Å². The van der Waals surface area contributed by atoms with E-state index in [0.717, 1.165) is 17.2 Å². The van der Waals surface area contributed by atoms with Crippen LogP contribution in [0.5, 0.6) is 0 Å². The number of halogens is 2. The van der Waals surface area contributed by atoms with E-state index in [1.807, 2.05) is 43.7 Å². The molecular weight excluding hydrogens is 391 g/mol. The largest absolute Gasteiger partial charge is 0.350 e. The lowest BCUT2D eigenvalue weighted by atomic mass is 10.1. The maximum absolute atomic E-state index is 11.8. The quantitative estimate of drug-likeness (QED) is 0.625. The summed E-state index contributed by atoms with van der Waals surface area (Å²) >= 11 is 0. The number of carbonyl (C=O) groups excluding carboxylic acids is 2. The first kappa shape index (κ1) is 24.8. The molecule has 2 aromatic rings. The van der Waals surface area contributed by atoms with Crippen LogP contribution >= 0.6 is 24.8 Å². The van der Waals surface area contributed by atoms with Gasteiger partial charge in [0.25, 0.3) is 0 Å². The van der Waals surface area contributed by atoms with Gasteiger partial charge in [-0.2, -0.15) is 0 Å². The number of aryl methyl sites for hydroxylation is 1. The van der Waals surface area contributed by atoms with Gasteiger partial charge in [0, 0.05) is 25.1 Å². The van der Waals surface area contributed by atoms with Gasteiger partial charge in [-0.3, -0.25) is 14.2 Å². The maximum Gasteiger partial charge on any atom is 0.239 e. The minimum atomic E-state index is -0.615. The molecule has 4 N–H and O–H groups in total. The Morgan fingerprint density at radius 3 is 2.41 bits per heavy atom. The highest BCUT2D eigenvalue weighted by Crippen LogP contribution is 2.08. The van der Waals surface area contributed by atoms with Gasteiger partial charge in [0.2, 0.25) is 11.8 Å². The third kappa shape index (κ3) is 7.16. The van der Waals surface area contributed by atoms with Crippen LogP contribution in [-0.4, -0.2) is 38.9 Å². The Morgan fingerprint density at radius 1 is 1.19 bits per heavy atom. The Balaban J connectivity index is 0.00000338. The third-order valence-corrected chi connectivity index (χ3v) is 3.82. The summed E-state index contributed by atoms with van der Waals surface area (Å²) in [5.74, 6) is 1.03. The van der Waals surface area contributed by atoms with Crippen LogP contribution in [0.15, 0.2) is 30.7 Å². The molecule has 0 saturated carbocycles. The van der Waals surface area contributed by atoms with Crippen LogP contribution in [0, 0.1) is 12.8 Å². The normalized spacial score (nSPS) is 11.1. The average molecular weight is 417 g/mol. The summed E-state index contributed by atoms with van der Waals surface area (Å²) in [6.07, 6.45) is 5.25. The van der Waals surface area contributed by atoms with Crippen LogP contribution in [0.3, 0.4) is 0 Å². The SMILES string of the molecule is Cc1nccn1-c1ccc(CNC(=O)CNC(=O)[C@@H](N)C(C)C)cn1.Cl.Cl. The average Bonchev–Trinajstić information content (AvgIpc) is 3.03. The summed E-state index contributed by atoms with van der Waals surface area (Å²) in [6, 6.07) is 3.13. The van der Waals surface area contributed by atoms with E-state index in [2.05, 4.69) is 20.6 Å². The van der Waals surface area contributed by atoms with Gasteiger partial charge in [-0.15, -0.1) is 24.8 Å². The fourth-order valence-corrected chi connectivity index (χ4v) is 2.13. The van der Waals surface area contributed by atoms with Gasteiger partial charge >= 0.3 is 0 Å². The minimum absolute atomic E-state index is 0. The van der Waals surface area contributed by atoms with E-state index in [4.69, 9.17) is 5.73 Å². The monoisotopic (exact) mass is 416 g/mol. The molecule has 10 heteroatoms. The van der Waals surface area contributed by atoms with Crippen molar-refractivity contribution in [2.45, 2.75) is 33.4 Å². The fourth-order valence-electron chi connectivity index (χ4n) is 2.13. The number of imidazole rings is 1. The molecule has 27 heavy (non-hydrogen) atoms. The van der Waals surface area contributed by atoms with Crippen molar-refractivity contribution in [3.8, 4) is 5.82 Å². The smallest absolute Gasteiger partial charge is 0.239 e. The number of nitrogens with two attached hydrogens (primary N) is 1. The Kier molecular flexibility index (Phi) is 10.6. The first-order valence-electron chi connectivity index (χ1n) is 8.13. The van der Waals surface area contributed by atoms with E-state index in [1.165, 1.54) is 0 Å². The lowest BCUT2D eigenvalue weighted by Crippen LogP contribution is -2.47. The lowest BCUT2D eigenvalue weighted by Gasteiger charge is -2.15. The summed E-state index contributed by atoms with van der Waals surface area (Å²) < 4.78 is 1.87. The van der Waals surface area contributed by atoms with Gasteiger partial charge in [-0.1, -0.05) is 19.9 Å². The summed E-state index contributed by atoms with van der Waals surface area (Å²) in [5, 5.41) is 5.27. The van der Waals surface area contributed by atoms with Crippen LogP contribution < -0.4 is 16.4 Å². The zero-order valence-corrected chi connectivity index (χ0v) is 17.1. The van der Waals surface area contributed by atoms with Crippen LogP contribution in [0.4, 0.5) is 0 Å². The summed E-state index contributed by atoms with van der Waals surface area (Å²) in [4.78, 5) is 32.0. The molecular formula is C17H26Cl2N6O2. The molecule has 2 rings (SSSR count). The van der Waals surface area contributed by atoms with Crippen LogP contribution in [0.1, 0.15) is 25.2 Å². The number of rotatable bonds is 7. The molecule has 0 unspecified atom stereocenters. The highest BCUT2D eigenvalue weighted by molar-refractivity contribution is 5.87. The Hall–Kier alpha value is -2.16. The van der Waals surface area contributed by atoms with Crippen molar-refractivity contribution in [3.63, 3.8) is 0 Å². The number of amides is 2. The minimum Gasteiger partial charge on any atom is -0.350 e. The van der Waals surface area contributed by atoms with E-state index in [-0.39, 0.29) is 49.1 Å². The van der Waals surface area contributed by atoms with Crippen molar-refractivity contribution in [1.82, 2.24) is 25.2 Å². The molecule has 0 saturated heterocycles. The lowest BCUT2D eigenvalue weighted by molar-refractivity contribution is -0.127. The molecule has 2 heterocycles. The van der Waals surface area contributed by atoms with E-state index in [9.17, 15) is 9.59 Å². The summed E-state index contributed by atoms with van der Waals surface area (Å²) in [6.45, 7) is 5.84. The van der Waals surface area contributed by atoms with Crippen molar-refractivity contribution in [2.75, 3.05) is 6.54 Å². The van der Waals surface area contributed by atoms with Gasteiger partial charge in [0.1, 0.15) is 11.6 Å². The predicted octanol–water partition coefficient (Wildman–Crippen LogP) is 1.14. The topological polar surface area (TPSA) is 115 Å². The molecule has 2 aromatic heterocycles. The number of pyridine rings is 1. The Labute approximate surface area is 171 Å². The zero-order valence-electron chi connectivity index (χ0n) is 15.5. The molecule has 0 spiro atoms. The third-order valence-electron chi connectivity index (χ3n) is 3.82. The fraction of sp³-hybridized carbons (Fsp3) is 0.412. The van der Waals surface area contributed by atoms with Crippen molar-refractivity contribution < 1.29 is 9.59 Å². The number of hydrogen-bond acceptors (Lipinski definition) is 5. The zero-order chi connectivity index (χ0) is 18.4. The second-order valence-electron chi connectivity index (χ2n) is 6.13. The van der Waals surface area contributed by atoms with Gasteiger partial charge < -0.3 is 16.4 Å². The molecule has 0 aliphatic rings. The first-order chi connectivity index (χ1) is 11.9. The Morgan fingerprint density at radius 2 is 1.89 bits per heavy atom. The maximum atomic E-state index is 11.8. The summed E-state index contributed by atoms with van der Waals surface area (Å²) in [5.41, 5.74) is 6.58. The number of aromatic nitrogens is 3. The van der Waals surface area contributed by atoms with E-state index in [0.29, 0.717) is 6.54 Å². The molecule has 0 aliphatic carbocycles. The molecule has 0 fully saturated rings. The molecule has 1 atom stereocenters. The molecule has 0 radical (unpaired) electrons. The molecule has 0 aliphatic heterocycles. The molecule has 0 bridgehead atoms. The van der Waals surface area contributed by atoms with Crippen molar-refractivity contribution in [1.29, 1.82) is 0 Å². The molecule has 2 amide bonds. The molecule has 8 nitrogen and oxygen atoms in total. The standard InChI is InChI=1S/C17H24N6O2.2ClH/c1-11(2)16(18)17(25)22-10-15(24)21-9-13-4-5-14(20-8-13)23-7-6-19-12(23)3;;/h4-8,11,16H,9-10,18H2,1-3H3,(H,21,24)(H,22,25);2*1H/t16-;;/m0../s1. The summed E-state index contributed by atoms with van der Waals surface area (Å²) in [7, 11) is 0. The van der Waals surface area contributed by atoms with Gasteiger partial charge in [-0.25, -0.2) is 9.97 Å². The first-order valence-corrected chi connectivity index (χ1v) is 8.13. The number of hydrogen-bond donors (Lipinski definition) is 3. The molecule has 150 valence electrons. The second-order valence-corrected chi connectivity index (χ2v) is 6.13. The van der Waals surface area contributed by atoms with Crippen molar-refractivity contribution in [3.05, 3.63) is 42.1 Å². The van der Waals surface area contributed by atoms with Crippen molar-refractivity contribution in [2.24, 2.45) is 11.7 Å². The number of nitrogens with zero attached hydrogens (tertiary/aromatic N) is 3. The second kappa shape index (κ2) is 11.5. The predicted molar refractivity (Wildman–Crippen MR) is 108 cm³/mol. The van der Waals surface area contributed by atoms with Crippen LogP contribution in [0.25, 0.3) is 5.82 Å². The van der Waals surface area contributed by atoms with Gasteiger partial charge in [-0.05, 0) is 24.5 Å². The Bertz CT molecular complexity index is 733.